The Labute approximate surface area is 123 Å². The van der Waals surface area contributed by atoms with Crippen molar-refractivity contribution in [1.29, 1.82) is 0 Å². The van der Waals surface area contributed by atoms with Crippen molar-refractivity contribution in [2.75, 3.05) is 26.2 Å². The summed E-state index contributed by atoms with van der Waals surface area (Å²) in [7, 11) is 0. The summed E-state index contributed by atoms with van der Waals surface area (Å²) in [6.45, 7) is 6.33. The van der Waals surface area contributed by atoms with Gasteiger partial charge in [0.25, 0.3) is 0 Å². The van der Waals surface area contributed by atoms with Crippen LogP contribution in [-0.4, -0.2) is 31.1 Å². The van der Waals surface area contributed by atoms with E-state index in [0.717, 1.165) is 38.2 Å². The lowest BCUT2D eigenvalue weighted by Gasteiger charge is -2.35. The third-order valence-electron chi connectivity index (χ3n) is 3.76. The van der Waals surface area contributed by atoms with Gasteiger partial charge < -0.3 is 5.32 Å². The molecule has 4 heteroatoms. The van der Waals surface area contributed by atoms with Crippen LogP contribution in [0.5, 0.6) is 0 Å². The molecule has 0 saturated carbocycles. The van der Waals surface area contributed by atoms with Crippen LogP contribution in [0.15, 0.2) is 22.7 Å². The summed E-state index contributed by atoms with van der Waals surface area (Å²) in [6, 6.07) is 5.71. The molecule has 1 aromatic carbocycles. The average Bonchev–Trinajstić information content (AvgIpc) is 2.45. The predicted molar refractivity (Wildman–Crippen MR) is 80.8 cm³/mol. The first-order valence-corrected chi connectivity index (χ1v) is 7.92. The van der Waals surface area contributed by atoms with Crippen LogP contribution in [0.25, 0.3) is 0 Å². The zero-order valence-corrected chi connectivity index (χ0v) is 13.0. The Morgan fingerprint density at radius 2 is 2.11 bits per heavy atom. The van der Waals surface area contributed by atoms with Gasteiger partial charge in [0.05, 0.1) is 4.47 Å². The van der Waals surface area contributed by atoms with Crippen LogP contribution in [0.1, 0.15) is 37.8 Å². The SMILES string of the molecule is CCCC[C@H](c1cccc(F)c1Br)N1CCNCC1. The van der Waals surface area contributed by atoms with E-state index in [9.17, 15) is 4.39 Å². The summed E-state index contributed by atoms with van der Waals surface area (Å²) in [4.78, 5) is 2.48. The summed E-state index contributed by atoms with van der Waals surface area (Å²) in [5.41, 5.74) is 1.09. The van der Waals surface area contributed by atoms with Crippen LogP contribution in [0, 0.1) is 5.82 Å². The minimum absolute atomic E-state index is 0.158. The van der Waals surface area contributed by atoms with Crippen molar-refractivity contribution >= 4 is 15.9 Å². The van der Waals surface area contributed by atoms with Crippen molar-refractivity contribution in [2.24, 2.45) is 0 Å². The van der Waals surface area contributed by atoms with Gasteiger partial charge in [-0.2, -0.15) is 0 Å². The van der Waals surface area contributed by atoms with E-state index in [0.29, 0.717) is 10.5 Å². The minimum atomic E-state index is -0.158. The molecule has 1 N–H and O–H groups in total. The van der Waals surface area contributed by atoms with Crippen molar-refractivity contribution in [2.45, 2.75) is 32.2 Å². The van der Waals surface area contributed by atoms with Crippen LogP contribution >= 0.6 is 15.9 Å². The van der Waals surface area contributed by atoms with Crippen LogP contribution in [0.2, 0.25) is 0 Å². The van der Waals surface area contributed by atoms with E-state index in [4.69, 9.17) is 0 Å². The van der Waals surface area contributed by atoms with Gasteiger partial charge in [-0.15, -0.1) is 0 Å². The second-order valence-corrected chi connectivity index (χ2v) is 5.88. The lowest BCUT2D eigenvalue weighted by atomic mass is 9.98. The Morgan fingerprint density at radius 1 is 1.37 bits per heavy atom. The molecule has 0 aliphatic carbocycles. The maximum Gasteiger partial charge on any atom is 0.137 e. The van der Waals surface area contributed by atoms with E-state index in [1.54, 1.807) is 0 Å². The Hall–Kier alpha value is -0.450. The lowest BCUT2D eigenvalue weighted by Crippen LogP contribution is -2.45. The van der Waals surface area contributed by atoms with Gasteiger partial charge in [-0.25, -0.2) is 4.39 Å². The highest BCUT2D eigenvalue weighted by molar-refractivity contribution is 9.10. The fourth-order valence-electron chi connectivity index (χ4n) is 2.70. The molecule has 0 unspecified atom stereocenters. The Bertz CT molecular complexity index is 405. The fraction of sp³-hybridized carbons (Fsp3) is 0.600. The van der Waals surface area contributed by atoms with Crippen LogP contribution in [0.3, 0.4) is 0 Å². The monoisotopic (exact) mass is 328 g/mol. The van der Waals surface area contributed by atoms with Crippen molar-refractivity contribution in [3.63, 3.8) is 0 Å². The van der Waals surface area contributed by atoms with E-state index in [2.05, 4.69) is 39.1 Å². The fourth-order valence-corrected chi connectivity index (χ4v) is 3.23. The smallest absolute Gasteiger partial charge is 0.137 e. The molecule has 0 spiro atoms. The lowest BCUT2D eigenvalue weighted by molar-refractivity contribution is 0.162. The number of benzene rings is 1. The van der Waals surface area contributed by atoms with Gasteiger partial charge in [0.15, 0.2) is 0 Å². The maximum absolute atomic E-state index is 13.8. The molecule has 0 aromatic heterocycles. The molecule has 106 valence electrons. The second-order valence-electron chi connectivity index (χ2n) is 5.09. The third kappa shape index (κ3) is 3.77. The largest absolute Gasteiger partial charge is 0.314 e. The van der Waals surface area contributed by atoms with E-state index < -0.39 is 0 Å². The van der Waals surface area contributed by atoms with E-state index >= 15 is 0 Å². The molecule has 0 bridgehead atoms. The molecule has 1 aliphatic rings. The van der Waals surface area contributed by atoms with Gasteiger partial charge in [0.2, 0.25) is 0 Å². The molecule has 2 rings (SSSR count). The van der Waals surface area contributed by atoms with Gasteiger partial charge in [-0.1, -0.05) is 31.9 Å². The molecule has 1 aliphatic heterocycles. The van der Waals surface area contributed by atoms with Gasteiger partial charge in [-0.3, -0.25) is 4.90 Å². The summed E-state index contributed by atoms with van der Waals surface area (Å²) in [6.07, 6.45) is 3.45. The maximum atomic E-state index is 13.8. The van der Waals surface area contributed by atoms with Gasteiger partial charge in [-0.05, 0) is 34.0 Å². The number of piperazine rings is 1. The molecule has 0 amide bonds. The zero-order valence-electron chi connectivity index (χ0n) is 11.5. The summed E-state index contributed by atoms with van der Waals surface area (Å²) >= 11 is 3.42. The highest BCUT2D eigenvalue weighted by atomic mass is 79.9. The average molecular weight is 329 g/mol. The molecule has 1 atom stereocenters. The first-order chi connectivity index (χ1) is 9.24. The van der Waals surface area contributed by atoms with Crippen LogP contribution in [0.4, 0.5) is 4.39 Å². The summed E-state index contributed by atoms with van der Waals surface area (Å²) in [5.74, 6) is -0.158. The summed E-state index contributed by atoms with van der Waals surface area (Å²) in [5, 5.41) is 3.38. The van der Waals surface area contributed by atoms with E-state index in [1.807, 2.05) is 6.07 Å². The first-order valence-electron chi connectivity index (χ1n) is 7.12. The molecular weight excluding hydrogens is 307 g/mol. The number of hydrogen-bond acceptors (Lipinski definition) is 2. The standard InChI is InChI=1S/C15H22BrFN2/c1-2-3-7-14(19-10-8-18-9-11-19)12-5-4-6-13(17)15(12)16/h4-6,14,18H,2-3,7-11H2,1H3/t14-/m1/s1. The van der Waals surface area contributed by atoms with Crippen molar-refractivity contribution in [1.82, 2.24) is 10.2 Å². The molecule has 1 heterocycles. The van der Waals surface area contributed by atoms with Crippen molar-refractivity contribution < 1.29 is 4.39 Å². The molecule has 1 aromatic rings. The van der Waals surface area contributed by atoms with Gasteiger partial charge in [0, 0.05) is 32.2 Å². The molecular formula is C15H22BrFN2. The Morgan fingerprint density at radius 3 is 2.79 bits per heavy atom. The number of unbranched alkanes of at least 4 members (excludes halogenated alkanes) is 1. The minimum Gasteiger partial charge on any atom is -0.314 e. The molecule has 1 fully saturated rings. The highest BCUT2D eigenvalue weighted by Gasteiger charge is 2.24. The normalized spacial score (nSPS) is 18.5. The van der Waals surface area contributed by atoms with Crippen LogP contribution in [-0.2, 0) is 0 Å². The third-order valence-corrected chi connectivity index (χ3v) is 4.60. The van der Waals surface area contributed by atoms with E-state index in [1.165, 1.54) is 18.9 Å². The first kappa shape index (κ1) is 14.9. The van der Waals surface area contributed by atoms with Gasteiger partial charge >= 0.3 is 0 Å². The zero-order chi connectivity index (χ0) is 13.7. The number of rotatable bonds is 5. The quantitative estimate of drug-likeness (QED) is 0.886. The molecule has 19 heavy (non-hydrogen) atoms. The topological polar surface area (TPSA) is 15.3 Å². The van der Waals surface area contributed by atoms with Crippen molar-refractivity contribution in [3.05, 3.63) is 34.1 Å². The van der Waals surface area contributed by atoms with Gasteiger partial charge in [0.1, 0.15) is 5.82 Å². The molecule has 2 nitrogen and oxygen atoms in total. The molecule has 1 saturated heterocycles. The van der Waals surface area contributed by atoms with Crippen molar-refractivity contribution in [3.8, 4) is 0 Å². The van der Waals surface area contributed by atoms with Crippen LogP contribution < -0.4 is 5.32 Å². The number of halogens is 2. The summed E-state index contributed by atoms with van der Waals surface area (Å²) < 4.78 is 14.4. The Kier molecular flexibility index (Phi) is 5.79. The number of nitrogens with one attached hydrogen (secondary N) is 1. The predicted octanol–water partition coefficient (Wildman–Crippen LogP) is 3.72. The van der Waals surface area contributed by atoms with E-state index in [-0.39, 0.29) is 5.82 Å². The Balaban J connectivity index is 2.22. The molecule has 0 radical (unpaired) electrons. The second kappa shape index (κ2) is 7.36. The number of hydrogen-bond donors (Lipinski definition) is 1. The highest BCUT2D eigenvalue weighted by Crippen LogP contribution is 2.33. The number of nitrogens with zero attached hydrogens (tertiary/aromatic N) is 1.